The number of aryl methyl sites for hydroxylation is 1. The van der Waals surface area contributed by atoms with Crippen molar-refractivity contribution in [3.8, 4) is 11.5 Å². The summed E-state index contributed by atoms with van der Waals surface area (Å²) in [7, 11) is 1.56. The summed E-state index contributed by atoms with van der Waals surface area (Å²) in [5, 5.41) is 2.58. The number of hydrogen-bond donors (Lipinski definition) is 1. The molecule has 144 valence electrons. The highest BCUT2D eigenvalue weighted by Gasteiger charge is 2.13. The molecule has 0 bridgehead atoms. The molecule has 0 spiro atoms. The van der Waals surface area contributed by atoms with Gasteiger partial charge in [-0.25, -0.2) is 4.39 Å². The standard InChI is InChI=1S/C22H19BrFNO3/c1-14-5-3-4-6-20(14)28-13-16-11-15(7-10-21(16)27-2)22(26)25-19-9-8-17(23)12-18(19)24/h3-12H,13H2,1-2H3,(H,25,26). The lowest BCUT2D eigenvalue weighted by Gasteiger charge is -2.13. The van der Waals surface area contributed by atoms with Crippen LogP contribution in [0.1, 0.15) is 21.5 Å². The number of anilines is 1. The zero-order valence-electron chi connectivity index (χ0n) is 15.5. The molecule has 0 saturated carbocycles. The van der Waals surface area contributed by atoms with Gasteiger partial charge in [-0.2, -0.15) is 0 Å². The molecule has 3 rings (SSSR count). The number of methoxy groups -OCH3 is 1. The highest BCUT2D eigenvalue weighted by Crippen LogP contribution is 2.25. The summed E-state index contributed by atoms with van der Waals surface area (Å²) in [6, 6.07) is 17.2. The van der Waals surface area contributed by atoms with E-state index in [1.54, 1.807) is 31.4 Å². The van der Waals surface area contributed by atoms with E-state index in [1.807, 2.05) is 31.2 Å². The van der Waals surface area contributed by atoms with Gasteiger partial charge in [0.15, 0.2) is 0 Å². The number of carbonyl (C=O) groups excluding carboxylic acids is 1. The Hall–Kier alpha value is -2.86. The maximum atomic E-state index is 14.0. The van der Waals surface area contributed by atoms with Gasteiger partial charge in [-0.1, -0.05) is 34.1 Å². The summed E-state index contributed by atoms with van der Waals surface area (Å²) in [6.45, 7) is 2.20. The third kappa shape index (κ3) is 4.70. The first-order valence-corrected chi connectivity index (χ1v) is 9.39. The van der Waals surface area contributed by atoms with E-state index < -0.39 is 11.7 Å². The molecule has 1 amide bonds. The van der Waals surface area contributed by atoms with Gasteiger partial charge in [-0.3, -0.25) is 4.79 Å². The van der Waals surface area contributed by atoms with Crippen molar-refractivity contribution in [3.63, 3.8) is 0 Å². The molecule has 0 unspecified atom stereocenters. The van der Waals surface area contributed by atoms with Gasteiger partial charge >= 0.3 is 0 Å². The summed E-state index contributed by atoms with van der Waals surface area (Å²) < 4.78 is 25.8. The first-order chi connectivity index (χ1) is 13.5. The van der Waals surface area contributed by atoms with Crippen molar-refractivity contribution in [2.24, 2.45) is 0 Å². The minimum Gasteiger partial charge on any atom is -0.496 e. The van der Waals surface area contributed by atoms with E-state index >= 15 is 0 Å². The van der Waals surface area contributed by atoms with E-state index in [0.717, 1.165) is 16.9 Å². The molecule has 0 atom stereocenters. The average molecular weight is 444 g/mol. The first-order valence-electron chi connectivity index (χ1n) is 8.59. The van der Waals surface area contributed by atoms with Crippen molar-refractivity contribution in [2.45, 2.75) is 13.5 Å². The first kappa shape index (κ1) is 19.9. The molecule has 6 heteroatoms. The molecular formula is C22H19BrFNO3. The third-order valence-corrected chi connectivity index (χ3v) is 4.69. The van der Waals surface area contributed by atoms with E-state index in [0.29, 0.717) is 15.8 Å². The molecule has 0 aromatic heterocycles. The fourth-order valence-electron chi connectivity index (χ4n) is 2.69. The zero-order chi connectivity index (χ0) is 20.1. The fourth-order valence-corrected chi connectivity index (χ4v) is 3.02. The lowest BCUT2D eigenvalue weighted by molar-refractivity contribution is 0.102. The van der Waals surface area contributed by atoms with Gasteiger partial charge < -0.3 is 14.8 Å². The Morgan fingerprint density at radius 2 is 1.86 bits per heavy atom. The van der Waals surface area contributed by atoms with Crippen LogP contribution in [0.15, 0.2) is 65.1 Å². The van der Waals surface area contributed by atoms with Crippen LogP contribution in [0.5, 0.6) is 11.5 Å². The van der Waals surface area contributed by atoms with E-state index in [4.69, 9.17) is 9.47 Å². The smallest absolute Gasteiger partial charge is 0.255 e. The lowest BCUT2D eigenvalue weighted by atomic mass is 10.1. The molecule has 0 aliphatic heterocycles. The highest BCUT2D eigenvalue weighted by atomic mass is 79.9. The molecule has 28 heavy (non-hydrogen) atoms. The van der Waals surface area contributed by atoms with E-state index in [-0.39, 0.29) is 12.3 Å². The Morgan fingerprint density at radius 3 is 2.57 bits per heavy atom. The van der Waals surface area contributed by atoms with Crippen LogP contribution in [0.4, 0.5) is 10.1 Å². The van der Waals surface area contributed by atoms with Crippen molar-refractivity contribution >= 4 is 27.5 Å². The Labute approximate surface area is 171 Å². The van der Waals surface area contributed by atoms with E-state index in [9.17, 15) is 9.18 Å². The monoisotopic (exact) mass is 443 g/mol. The topological polar surface area (TPSA) is 47.6 Å². The van der Waals surface area contributed by atoms with Crippen LogP contribution in [0.2, 0.25) is 0 Å². The molecule has 0 saturated heterocycles. The van der Waals surface area contributed by atoms with Crippen LogP contribution < -0.4 is 14.8 Å². The molecule has 0 radical (unpaired) electrons. The summed E-state index contributed by atoms with van der Waals surface area (Å²) in [4.78, 5) is 12.6. The van der Waals surface area contributed by atoms with Crippen LogP contribution >= 0.6 is 15.9 Å². The van der Waals surface area contributed by atoms with Gasteiger partial charge in [-0.15, -0.1) is 0 Å². The minimum absolute atomic E-state index is 0.113. The summed E-state index contributed by atoms with van der Waals surface area (Å²) in [6.07, 6.45) is 0. The Morgan fingerprint density at radius 1 is 1.07 bits per heavy atom. The number of halogens is 2. The SMILES string of the molecule is COc1ccc(C(=O)Nc2ccc(Br)cc2F)cc1COc1ccccc1C. The number of rotatable bonds is 6. The second-order valence-electron chi connectivity index (χ2n) is 6.16. The molecule has 3 aromatic carbocycles. The van der Waals surface area contributed by atoms with Gasteiger partial charge in [0, 0.05) is 15.6 Å². The van der Waals surface area contributed by atoms with Crippen molar-refractivity contribution in [2.75, 3.05) is 12.4 Å². The highest BCUT2D eigenvalue weighted by molar-refractivity contribution is 9.10. The number of para-hydroxylation sites is 1. The Balaban J connectivity index is 1.79. The number of carbonyl (C=O) groups is 1. The van der Waals surface area contributed by atoms with Crippen molar-refractivity contribution < 1.29 is 18.7 Å². The van der Waals surface area contributed by atoms with Crippen LogP contribution in [0.3, 0.4) is 0 Å². The average Bonchev–Trinajstić information content (AvgIpc) is 2.69. The summed E-state index contributed by atoms with van der Waals surface area (Å²) >= 11 is 3.19. The van der Waals surface area contributed by atoms with Crippen LogP contribution in [0.25, 0.3) is 0 Å². The van der Waals surface area contributed by atoms with Gasteiger partial charge in [0.1, 0.15) is 23.9 Å². The number of nitrogens with one attached hydrogen (secondary N) is 1. The predicted molar refractivity (Wildman–Crippen MR) is 111 cm³/mol. The molecule has 1 N–H and O–H groups in total. The van der Waals surface area contributed by atoms with Gasteiger partial charge in [0.05, 0.1) is 12.8 Å². The van der Waals surface area contributed by atoms with Crippen LogP contribution in [0, 0.1) is 12.7 Å². The molecule has 4 nitrogen and oxygen atoms in total. The van der Waals surface area contributed by atoms with Crippen LogP contribution in [-0.4, -0.2) is 13.0 Å². The normalized spacial score (nSPS) is 10.4. The second-order valence-corrected chi connectivity index (χ2v) is 7.07. The molecule has 0 aliphatic carbocycles. The Kier molecular flexibility index (Phi) is 6.31. The maximum Gasteiger partial charge on any atom is 0.255 e. The van der Waals surface area contributed by atoms with E-state index in [1.165, 1.54) is 12.1 Å². The lowest BCUT2D eigenvalue weighted by Crippen LogP contribution is -2.14. The summed E-state index contributed by atoms with van der Waals surface area (Å²) in [5.74, 6) is 0.441. The molecule has 3 aromatic rings. The number of ether oxygens (including phenoxy) is 2. The predicted octanol–water partition coefficient (Wildman–Crippen LogP) is 5.74. The van der Waals surface area contributed by atoms with Crippen molar-refractivity contribution in [1.29, 1.82) is 0 Å². The zero-order valence-corrected chi connectivity index (χ0v) is 17.0. The van der Waals surface area contributed by atoms with Crippen molar-refractivity contribution in [3.05, 3.63) is 87.6 Å². The minimum atomic E-state index is -0.514. The summed E-state index contributed by atoms with van der Waals surface area (Å²) in [5.41, 5.74) is 2.23. The van der Waals surface area contributed by atoms with Crippen molar-refractivity contribution in [1.82, 2.24) is 0 Å². The quantitative estimate of drug-likeness (QED) is 0.528. The van der Waals surface area contributed by atoms with Crippen LogP contribution in [-0.2, 0) is 6.61 Å². The number of benzene rings is 3. The molecule has 0 fully saturated rings. The third-order valence-electron chi connectivity index (χ3n) is 4.20. The van der Waals surface area contributed by atoms with Gasteiger partial charge in [0.2, 0.25) is 0 Å². The van der Waals surface area contributed by atoms with E-state index in [2.05, 4.69) is 21.2 Å². The number of hydrogen-bond acceptors (Lipinski definition) is 3. The van der Waals surface area contributed by atoms with Gasteiger partial charge in [-0.05, 0) is 55.0 Å². The molecule has 0 aliphatic rings. The van der Waals surface area contributed by atoms with Gasteiger partial charge in [0.25, 0.3) is 5.91 Å². The molecular weight excluding hydrogens is 425 g/mol. The Bertz CT molecular complexity index is 1010. The maximum absolute atomic E-state index is 14.0. The number of amides is 1. The molecule has 0 heterocycles. The largest absolute Gasteiger partial charge is 0.496 e. The second kappa shape index (κ2) is 8.89. The fraction of sp³-hybridized carbons (Fsp3) is 0.136.